The number of hydrogen-bond acceptors (Lipinski definition) is 1. The van der Waals surface area contributed by atoms with Crippen molar-refractivity contribution in [3.05, 3.63) is 35.9 Å². The Morgan fingerprint density at radius 1 is 1.12 bits per heavy atom. The SMILES string of the molecule is CC.CCCCCNC(=O)Cc1ccccc1. The highest BCUT2D eigenvalue weighted by Gasteiger charge is 2.01. The van der Waals surface area contributed by atoms with E-state index in [1.54, 1.807) is 0 Å². The zero-order valence-electron chi connectivity index (χ0n) is 11.3. The molecule has 0 unspecified atom stereocenters. The Hall–Kier alpha value is -1.31. The van der Waals surface area contributed by atoms with Crippen LogP contribution in [0.2, 0.25) is 0 Å². The number of unbranched alkanes of at least 4 members (excludes halogenated alkanes) is 2. The molecule has 1 amide bonds. The molecular weight excluding hydrogens is 210 g/mol. The van der Waals surface area contributed by atoms with Crippen LogP contribution in [0.1, 0.15) is 45.6 Å². The average Bonchev–Trinajstić information content (AvgIpc) is 2.38. The minimum Gasteiger partial charge on any atom is -0.356 e. The van der Waals surface area contributed by atoms with Gasteiger partial charge in [-0.05, 0) is 12.0 Å². The Morgan fingerprint density at radius 3 is 2.35 bits per heavy atom. The van der Waals surface area contributed by atoms with E-state index in [2.05, 4.69) is 12.2 Å². The van der Waals surface area contributed by atoms with Gasteiger partial charge in [0.05, 0.1) is 6.42 Å². The van der Waals surface area contributed by atoms with E-state index in [1.807, 2.05) is 44.2 Å². The van der Waals surface area contributed by atoms with E-state index in [0.29, 0.717) is 6.42 Å². The number of carbonyl (C=O) groups is 1. The van der Waals surface area contributed by atoms with Crippen LogP contribution in [0.4, 0.5) is 0 Å². The van der Waals surface area contributed by atoms with Gasteiger partial charge in [0.1, 0.15) is 0 Å². The summed E-state index contributed by atoms with van der Waals surface area (Å²) in [6, 6.07) is 9.83. The fourth-order valence-corrected chi connectivity index (χ4v) is 1.45. The molecular formula is C15H25NO. The molecule has 0 heterocycles. The zero-order valence-corrected chi connectivity index (χ0v) is 11.3. The first-order chi connectivity index (χ1) is 8.33. The molecule has 2 heteroatoms. The van der Waals surface area contributed by atoms with E-state index in [4.69, 9.17) is 0 Å². The lowest BCUT2D eigenvalue weighted by atomic mass is 10.1. The van der Waals surface area contributed by atoms with E-state index in [1.165, 1.54) is 12.8 Å². The van der Waals surface area contributed by atoms with Crippen LogP contribution in [-0.4, -0.2) is 12.5 Å². The van der Waals surface area contributed by atoms with Crippen LogP contribution in [0.15, 0.2) is 30.3 Å². The van der Waals surface area contributed by atoms with Crippen LogP contribution in [0.5, 0.6) is 0 Å². The van der Waals surface area contributed by atoms with Crippen LogP contribution in [0.25, 0.3) is 0 Å². The van der Waals surface area contributed by atoms with Crippen molar-refractivity contribution in [1.29, 1.82) is 0 Å². The molecule has 0 bridgehead atoms. The Bertz CT molecular complexity index is 282. The summed E-state index contributed by atoms with van der Waals surface area (Å²) in [6.45, 7) is 6.96. The second kappa shape index (κ2) is 11.2. The Balaban J connectivity index is 0.00000121. The van der Waals surface area contributed by atoms with Gasteiger partial charge < -0.3 is 5.32 Å². The summed E-state index contributed by atoms with van der Waals surface area (Å²) in [4.78, 5) is 11.5. The Kier molecular flexibility index (Phi) is 10.3. The van der Waals surface area contributed by atoms with E-state index in [-0.39, 0.29) is 5.91 Å². The predicted molar refractivity (Wildman–Crippen MR) is 74.0 cm³/mol. The zero-order chi connectivity index (χ0) is 12.9. The van der Waals surface area contributed by atoms with Gasteiger partial charge in [-0.3, -0.25) is 4.79 Å². The molecule has 2 nitrogen and oxygen atoms in total. The molecule has 0 saturated heterocycles. The third-order valence-corrected chi connectivity index (χ3v) is 2.31. The van der Waals surface area contributed by atoms with Crippen molar-refractivity contribution in [2.75, 3.05) is 6.54 Å². The fourth-order valence-electron chi connectivity index (χ4n) is 1.45. The van der Waals surface area contributed by atoms with Gasteiger partial charge in [-0.2, -0.15) is 0 Å². The molecule has 1 aromatic rings. The van der Waals surface area contributed by atoms with Gasteiger partial charge in [0.15, 0.2) is 0 Å². The second-order valence-electron chi connectivity index (χ2n) is 3.72. The van der Waals surface area contributed by atoms with Crippen LogP contribution < -0.4 is 5.32 Å². The largest absolute Gasteiger partial charge is 0.356 e. The minimum atomic E-state index is 0.123. The van der Waals surface area contributed by atoms with Crippen LogP contribution >= 0.6 is 0 Å². The highest BCUT2D eigenvalue weighted by Crippen LogP contribution is 1.99. The third-order valence-electron chi connectivity index (χ3n) is 2.31. The normalized spacial score (nSPS) is 9.12. The predicted octanol–water partition coefficient (Wildman–Crippen LogP) is 3.56. The van der Waals surface area contributed by atoms with Crippen LogP contribution in [-0.2, 0) is 11.2 Å². The minimum absolute atomic E-state index is 0.123. The fraction of sp³-hybridized carbons (Fsp3) is 0.533. The number of hydrogen-bond donors (Lipinski definition) is 1. The summed E-state index contributed by atoms with van der Waals surface area (Å²) in [5.74, 6) is 0.123. The molecule has 1 aromatic carbocycles. The summed E-state index contributed by atoms with van der Waals surface area (Å²) >= 11 is 0. The lowest BCUT2D eigenvalue weighted by Crippen LogP contribution is -2.25. The van der Waals surface area contributed by atoms with Gasteiger partial charge in [0.2, 0.25) is 5.91 Å². The van der Waals surface area contributed by atoms with Crippen molar-refractivity contribution in [1.82, 2.24) is 5.32 Å². The van der Waals surface area contributed by atoms with Gasteiger partial charge in [-0.1, -0.05) is 63.9 Å². The number of carbonyl (C=O) groups excluding carboxylic acids is 1. The van der Waals surface area contributed by atoms with Gasteiger partial charge in [-0.25, -0.2) is 0 Å². The molecule has 0 fully saturated rings. The maximum Gasteiger partial charge on any atom is 0.224 e. The first-order valence-corrected chi connectivity index (χ1v) is 6.63. The van der Waals surface area contributed by atoms with E-state index >= 15 is 0 Å². The molecule has 0 saturated carbocycles. The number of rotatable bonds is 6. The Labute approximate surface area is 105 Å². The molecule has 1 N–H and O–H groups in total. The topological polar surface area (TPSA) is 29.1 Å². The number of benzene rings is 1. The molecule has 17 heavy (non-hydrogen) atoms. The van der Waals surface area contributed by atoms with E-state index in [0.717, 1.165) is 18.5 Å². The highest BCUT2D eigenvalue weighted by molar-refractivity contribution is 5.78. The highest BCUT2D eigenvalue weighted by atomic mass is 16.1. The molecule has 1 rings (SSSR count). The van der Waals surface area contributed by atoms with Crippen molar-refractivity contribution in [3.8, 4) is 0 Å². The Morgan fingerprint density at radius 2 is 1.76 bits per heavy atom. The van der Waals surface area contributed by atoms with Gasteiger partial charge >= 0.3 is 0 Å². The quantitative estimate of drug-likeness (QED) is 0.750. The maximum atomic E-state index is 11.5. The van der Waals surface area contributed by atoms with Crippen molar-refractivity contribution < 1.29 is 4.79 Å². The summed E-state index contributed by atoms with van der Waals surface area (Å²) in [5, 5.41) is 2.93. The average molecular weight is 235 g/mol. The van der Waals surface area contributed by atoms with Gasteiger partial charge in [0, 0.05) is 6.54 Å². The van der Waals surface area contributed by atoms with Crippen molar-refractivity contribution >= 4 is 5.91 Å². The lowest BCUT2D eigenvalue weighted by molar-refractivity contribution is -0.120. The molecule has 0 aromatic heterocycles. The van der Waals surface area contributed by atoms with Crippen molar-refractivity contribution in [2.24, 2.45) is 0 Å². The number of amides is 1. The first kappa shape index (κ1) is 15.7. The summed E-state index contributed by atoms with van der Waals surface area (Å²) < 4.78 is 0. The molecule has 0 radical (unpaired) electrons. The van der Waals surface area contributed by atoms with Crippen LogP contribution in [0, 0.1) is 0 Å². The second-order valence-corrected chi connectivity index (χ2v) is 3.72. The smallest absolute Gasteiger partial charge is 0.224 e. The lowest BCUT2D eigenvalue weighted by Gasteiger charge is -2.04. The molecule has 0 aliphatic heterocycles. The molecule has 0 aliphatic carbocycles. The monoisotopic (exact) mass is 235 g/mol. The molecule has 0 spiro atoms. The standard InChI is InChI=1S/C13H19NO.C2H6/c1-2-3-7-10-14-13(15)11-12-8-5-4-6-9-12;1-2/h4-6,8-9H,2-3,7,10-11H2,1H3,(H,14,15);1-2H3. The maximum absolute atomic E-state index is 11.5. The van der Waals surface area contributed by atoms with E-state index < -0.39 is 0 Å². The van der Waals surface area contributed by atoms with Gasteiger partial charge in [-0.15, -0.1) is 0 Å². The third kappa shape index (κ3) is 8.49. The molecule has 96 valence electrons. The summed E-state index contributed by atoms with van der Waals surface area (Å²) in [6.07, 6.45) is 3.95. The molecule has 0 atom stereocenters. The van der Waals surface area contributed by atoms with Crippen LogP contribution in [0.3, 0.4) is 0 Å². The van der Waals surface area contributed by atoms with Crippen molar-refractivity contribution in [2.45, 2.75) is 46.5 Å². The van der Waals surface area contributed by atoms with Gasteiger partial charge in [0.25, 0.3) is 0 Å². The first-order valence-electron chi connectivity index (χ1n) is 6.63. The van der Waals surface area contributed by atoms with E-state index in [9.17, 15) is 4.79 Å². The summed E-state index contributed by atoms with van der Waals surface area (Å²) in [7, 11) is 0. The number of nitrogens with one attached hydrogen (secondary N) is 1. The summed E-state index contributed by atoms with van der Waals surface area (Å²) in [5.41, 5.74) is 1.07. The van der Waals surface area contributed by atoms with Crippen molar-refractivity contribution in [3.63, 3.8) is 0 Å². The molecule has 0 aliphatic rings.